The molecule has 418 valence electrons. The maximum Gasteiger partial charge on any atom is 0.397 e. The highest BCUT2D eigenvalue weighted by atomic mass is 79.9. The maximum atomic E-state index is 12.9. The number of nitrogens with one attached hydrogen (secondary N) is 2. The summed E-state index contributed by atoms with van der Waals surface area (Å²) in [4.78, 5) is 20.6. The Balaban J connectivity index is 1.33. The van der Waals surface area contributed by atoms with E-state index in [0.29, 0.717) is 6.07 Å². The zero-order chi connectivity index (χ0) is 58.4. The van der Waals surface area contributed by atoms with E-state index in [9.17, 15) is 70.4 Å². The van der Waals surface area contributed by atoms with Crippen LogP contribution in [-0.4, -0.2) is 107 Å². The highest BCUT2D eigenvalue weighted by Crippen LogP contribution is 2.47. The molecule has 37 heteroatoms. The number of nitrogens with two attached hydrogens (primary N) is 1. The monoisotopic (exact) mass is 1320 g/mol. The second-order valence-electron chi connectivity index (χ2n) is 15.6. The van der Waals surface area contributed by atoms with Crippen LogP contribution in [0.25, 0.3) is 10.8 Å². The third-order valence-corrected chi connectivity index (χ3v) is 17.2. The fourth-order valence-corrected chi connectivity index (χ4v) is 10.4. The number of benzene rings is 6. The number of methoxy groups -OCH3 is 1. The van der Waals surface area contributed by atoms with Crippen molar-refractivity contribution in [3.63, 3.8) is 0 Å². The Morgan fingerprint density at radius 1 is 0.620 bits per heavy atom. The summed E-state index contributed by atoms with van der Waals surface area (Å²) < 4.78 is 170. The number of ether oxygens (including phenoxy) is 1. The van der Waals surface area contributed by atoms with Crippen LogP contribution in [-0.2, 0) is 64.4 Å². The number of aromatic hydroxyl groups is 1. The van der Waals surface area contributed by atoms with Crippen LogP contribution in [0.1, 0.15) is 6.92 Å². The van der Waals surface area contributed by atoms with Gasteiger partial charge in [-0.25, -0.2) is 12.6 Å². The van der Waals surface area contributed by atoms with Gasteiger partial charge in [-0.2, -0.15) is 43.9 Å². The van der Waals surface area contributed by atoms with Crippen LogP contribution >= 0.6 is 31.9 Å². The SMILES string of the molecule is COc1cc(N=Nc2ccc(S(=O)(=O)CCOS(=O)(=O)O)cc2S(=O)(=O)O)c(NC(C)=O)cc1N=Nc1c(S(=O)(=O)O)cc2c(N=Nc3ccc(N=Nc4cc(NC(=O)C(Br)CBr)ccc4S(=O)(=O)O)cc3)c(N)ccc2c1O. The Kier molecular flexibility index (Phi) is 18.9. The molecule has 6 rings (SSSR count). The summed E-state index contributed by atoms with van der Waals surface area (Å²) >= 11 is 6.34. The van der Waals surface area contributed by atoms with Crippen molar-refractivity contribution in [1.29, 1.82) is 0 Å². The molecule has 0 aromatic heterocycles. The number of hydrogen-bond donors (Lipinski definition) is 8. The molecule has 0 heterocycles. The lowest BCUT2D eigenvalue weighted by atomic mass is 10.1. The number of carbonyl (C=O) groups excluding carboxylic acids is 2. The molecule has 30 nitrogen and oxygen atoms in total. The smallest absolute Gasteiger partial charge is 0.397 e. The van der Waals surface area contributed by atoms with E-state index in [1.54, 1.807) is 0 Å². The van der Waals surface area contributed by atoms with Crippen LogP contribution < -0.4 is 21.1 Å². The Hall–Kier alpha value is -7.17. The first-order valence-electron chi connectivity index (χ1n) is 21.2. The van der Waals surface area contributed by atoms with Crippen molar-refractivity contribution >= 4 is 168 Å². The van der Waals surface area contributed by atoms with Crippen LogP contribution in [0.5, 0.6) is 11.5 Å². The van der Waals surface area contributed by atoms with E-state index in [2.05, 4.69) is 87.6 Å². The fraction of sp³-hybridized carbons (Fsp3) is 0.143. The van der Waals surface area contributed by atoms with Gasteiger partial charge in [0.15, 0.2) is 15.6 Å². The third kappa shape index (κ3) is 15.8. The molecule has 79 heavy (non-hydrogen) atoms. The fourth-order valence-electron chi connectivity index (χ4n) is 6.54. The third-order valence-electron chi connectivity index (χ3n) is 10.1. The number of anilines is 3. The molecule has 2 amide bonds. The summed E-state index contributed by atoms with van der Waals surface area (Å²) in [7, 11) is -23.7. The highest BCUT2D eigenvalue weighted by molar-refractivity contribution is 9.12. The molecule has 0 aliphatic rings. The number of alkyl halides is 2. The Bertz CT molecular complexity index is 4150. The summed E-state index contributed by atoms with van der Waals surface area (Å²) in [6.07, 6.45) is 0. The summed E-state index contributed by atoms with van der Waals surface area (Å²) in [6.45, 7) is 0.0182. The number of carbonyl (C=O) groups is 2. The predicted molar refractivity (Wildman–Crippen MR) is 287 cm³/mol. The number of nitrogen functional groups attached to an aromatic ring is 1. The van der Waals surface area contributed by atoms with Crippen LogP contribution in [0.4, 0.5) is 62.6 Å². The number of nitrogens with zero attached hydrogens (tertiary/aromatic N) is 8. The van der Waals surface area contributed by atoms with Crippen LogP contribution in [0.3, 0.4) is 0 Å². The van der Waals surface area contributed by atoms with Gasteiger partial charge in [-0.3, -0.25) is 27.8 Å². The van der Waals surface area contributed by atoms with Crippen molar-refractivity contribution < 1.29 is 83.9 Å². The van der Waals surface area contributed by atoms with E-state index in [-0.39, 0.29) is 73.0 Å². The number of phenolic OH excluding ortho intramolecular Hbond substituents is 1. The minimum atomic E-state index is -5.28. The number of azo groups is 4. The zero-order valence-corrected chi connectivity index (χ0v) is 47.0. The first-order valence-corrected chi connectivity index (χ1v) is 30.6. The molecule has 0 saturated heterocycles. The minimum Gasteiger partial charge on any atom is -0.505 e. The molecule has 0 radical (unpaired) electrons. The highest BCUT2D eigenvalue weighted by Gasteiger charge is 2.26. The number of amides is 2. The maximum absolute atomic E-state index is 12.9. The second-order valence-corrected chi connectivity index (χ2v) is 24.7. The molecule has 0 aliphatic heterocycles. The average Bonchev–Trinajstić information content (AvgIpc) is 3.37. The predicted octanol–water partition coefficient (Wildman–Crippen LogP) is 9.19. The number of fused-ring (bicyclic) bond motifs is 1. The number of sulfone groups is 1. The van der Waals surface area contributed by atoms with Crippen LogP contribution in [0.15, 0.2) is 151 Å². The summed E-state index contributed by atoms with van der Waals surface area (Å²) in [5.41, 5.74) is 3.77. The Morgan fingerprint density at radius 2 is 1.20 bits per heavy atom. The number of halogens is 2. The van der Waals surface area contributed by atoms with Gasteiger partial charge >= 0.3 is 10.4 Å². The quantitative estimate of drug-likeness (QED) is 0.0144. The standard InChI is InChI=1S/C42H37Br2N11O19S5/c1-21(56)46-31-18-33(35(73-2)19-32(31)51-50-30-11-8-25(16-37(30)77(64,65)66)75(59,60)14-13-74-79(70,71)72)52-55-40-38(78(67,68)69)17-27-26(41(40)57)9-10-29(45)39(27)54-49-23-5-3-22(4-6-23)48-53-34-15-24(47-42(58)28(44)20-43)7-12-36(34)76(61,62)63/h3-12,15-19,28,57H,13-14,20,45H2,1-2H3,(H,46,56)(H,47,58)(H,61,62,63)(H,64,65,66)(H,67,68,69)(H,70,71,72). The number of hydrogen-bond acceptors (Lipinski definition) is 24. The van der Waals surface area contributed by atoms with E-state index in [0.717, 1.165) is 50.4 Å². The second kappa shape index (κ2) is 24.5. The average molecular weight is 1320 g/mol. The van der Waals surface area contributed by atoms with E-state index >= 15 is 0 Å². The molecule has 0 fully saturated rings. The molecule has 1 unspecified atom stereocenters. The molecule has 0 spiro atoms. The van der Waals surface area contributed by atoms with Gasteiger partial charge in [0.1, 0.15) is 59.4 Å². The largest absolute Gasteiger partial charge is 0.505 e. The zero-order valence-electron chi connectivity index (χ0n) is 39.8. The van der Waals surface area contributed by atoms with Gasteiger partial charge < -0.3 is 26.2 Å². The first kappa shape index (κ1) is 61.0. The van der Waals surface area contributed by atoms with Crippen molar-refractivity contribution in [2.75, 3.05) is 41.2 Å². The van der Waals surface area contributed by atoms with Crippen molar-refractivity contribution in [3.05, 3.63) is 91.0 Å². The molecule has 6 aromatic carbocycles. The normalized spacial score (nSPS) is 13.2. The molecule has 1 atom stereocenters. The van der Waals surface area contributed by atoms with E-state index < -0.39 is 116 Å². The van der Waals surface area contributed by atoms with Gasteiger partial charge in [-0.05, 0) is 84.9 Å². The summed E-state index contributed by atoms with van der Waals surface area (Å²) in [5, 5.41) is 48.4. The van der Waals surface area contributed by atoms with Crippen LogP contribution in [0, 0.1) is 0 Å². The lowest BCUT2D eigenvalue weighted by molar-refractivity contribution is -0.115. The molecule has 0 saturated carbocycles. The molecule has 0 bridgehead atoms. The van der Waals surface area contributed by atoms with E-state index in [4.69, 9.17) is 15.0 Å². The number of rotatable bonds is 21. The van der Waals surface area contributed by atoms with Crippen molar-refractivity contribution in [2.24, 2.45) is 40.9 Å². The number of phenols is 1. The van der Waals surface area contributed by atoms with Gasteiger partial charge in [0.05, 0.1) is 47.1 Å². The minimum absolute atomic E-state index is 0.0858. The van der Waals surface area contributed by atoms with Gasteiger partial charge in [0.25, 0.3) is 30.4 Å². The molecule has 9 N–H and O–H groups in total. The lowest BCUT2D eigenvalue weighted by Gasteiger charge is -2.12. The van der Waals surface area contributed by atoms with E-state index in [1.165, 1.54) is 48.5 Å². The van der Waals surface area contributed by atoms with Gasteiger partial charge in [0.2, 0.25) is 11.8 Å². The lowest BCUT2D eigenvalue weighted by Crippen LogP contribution is -2.23. The first-order chi connectivity index (χ1) is 36.8. The van der Waals surface area contributed by atoms with Crippen molar-refractivity contribution in [3.8, 4) is 11.5 Å². The van der Waals surface area contributed by atoms with Crippen molar-refractivity contribution in [1.82, 2.24) is 0 Å². The van der Waals surface area contributed by atoms with E-state index in [1.807, 2.05) is 0 Å². The summed E-state index contributed by atoms with van der Waals surface area (Å²) in [6, 6.07) is 16.7. The molecular weight excluding hydrogens is 1280 g/mol. The molecular formula is C42H37Br2N11O19S5. The van der Waals surface area contributed by atoms with Gasteiger partial charge in [-0.1, -0.05) is 31.9 Å². The Morgan fingerprint density at radius 3 is 1.78 bits per heavy atom. The topological polar surface area (TPSA) is 473 Å². The van der Waals surface area contributed by atoms with Gasteiger partial charge in [0, 0.05) is 34.8 Å². The van der Waals surface area contributed by atoms with Crippen LogP contribution in [0.2, 0.25) is 0 Å². The van der Waals surface area contributed by atoms with Gasteiger partial charge in [-0.15, -0.1) is 30.7 Å². The van der Waals surface area contributed by atoms with Crippen molar-refractivity contribution in [2.45, 2.75) is 31.3 Å². The molecule has 0 aliphatic carbocycles. The molecule has 6 aromatic rings. The Labute approximate surface area is 464 Å². The summed E-state index contributed by atoms with van der Waals surface area (Å²) in [5.74, 6) is -3.36.